The molecule has 0 bridgehead atoms. The van der Waals surface area contributed by atoms with Crippen LogP contribution in [0.4, 0.5) is 15.5 Å². The molecule has 3 N–H and O–H groups in total. The van der Waals surface area contributed by atoms with Crippen molar-refractivity contribution in [3.8, 4) is 0 Å². The highest BCUT2D eigenvalue weighted by atomic mass is 32.1. The van der Waals surface area contributed by atoms with E-state index >= 15 is 0 Å². The van der Waals surface area contributed by atoms with Gasteiger partial charge in [-0.05, 0) is 45.1 Å². The molecule has 6 nitrogen and oxygen atoms in total. The molecule has 7 heteroatoms. The highest BCUT2D eigenvalue weighted by Gasteiger charge is 2.25. The molecule has 1 aliphatic heterocycles. The van der Waals surface area contributed by atoms with Gasteiger partial charge in [-0.2, -0.15) is 4.37 Å². The van der Waals surface area contributed by atoms with Crippen LogP contribution in [0.1, 0.15) is 33.6 Å². The molecule has 1 atom stereocenters. The van der Waals surface area contributed by atoms with Crippen LogP contribution in [0, 0.1) is 0 Å². The number of nitrogens with one attached hydrogen (secondary N) is 1. The van der Waals surface area contributed by atoms with Crippen LogP contribution in [0.5, 0.6) is 0 Å². The van der Waals surface area contributed by atoms with Crippen molar-refractivity contribution in [2.45, 2.75) is 45.3 Å². The second-order valence-corrected chi connectivity index (χ2v) is 6.80. The highest BCUT2D eigenvalue weighted by Crippen LogP contribution is 2.29. The fraction of sp³-hybridized carbons (Fsp3) is 0.692. The predicted octanol–water partition coefficient (Wildman–Crippen LogP) is 2.22. The number of aromatic nitrogens is 1. The molecule has 0 aromatic carbocycles. The maximum absolute atomic E-state index is 11.8. The quantitative estimate of drug-likeness (QED) is 0.875. The Kier molecular flexibility index (Phi) is 4.37. The summed E-state index contributed by atoms with van der Waals surface area (Å²) in [4.78, 5) is 14.0. The van der Waals surface area contributed by atoms with Crippen molar-refractivity contribution in [2.75, 3.05) is 23.7 Å². The Hall–Kier alpha value is -1.50. The summed E-state index contributed by atoms with van der Waals surface area (Å²) in [5.74, 6) is 0. The molecule has 2 rings (SSSR count). The summed E-state index contributed by atoms with van der Waals surface area (Å²) in [6.45, 7) is 7.26. The summed E-state index contributed by atoms with van der Waals surface area (Å²) in [6, 6.07) is 0.0834. The van der Waals surface area contributed by atoms with Crippen LogP contribution in [0.3, 0.4) is 0 Å². The Morgan fingerprint density at radius 3 is 2.95 bits per heavy atom. The lowest BCUT2D eigenvalue weighted by Crippen LogP contribution is -2.49. The molecule has 1 aliphatic rings. The Morgan fingerprint density at radius 2 is 2.35 bits per heavy atom. The van der Waals surface area contributed by atoms with Crippen LogP contribution in [-0.4, -0.2) is 35.2 Å². The molecule has 0 aliphatic carbocycles. The van der Waals surface area contributed by atoms with Gasteiger partial charge in [0.15, 0.2) is 0 Å². The van der Waals surface area contributed by atoms with E-state index in [9.17, 15) is 4.79 Å². The number of hydrogen-bond donors (Lipinski definition) is 2. The lowest BCUT2D eigenvalue weighted by atomic mass is 10.1. The molecule has 20 heavy (non-hydrogen) atoms. The Bertz CT molecular complexity index is 469. The van der Waals surface area contributed by atoms with Crippen molar-refractivity contribution in [1.29, 1.82) is 0 Å². The van der Waals surface area contributed by atoms with Crippen molar-refractivity contribution in [1.82, 2.24) is 9.69 Å². The number of nitrogen functional groups attached to an aromatic ring is 1. The second kappa shape index (κ2) is 5.87. The molecule has 1 saturated heterocycles. The lowest BCUT2D eigenvalue weighted by Gasteiger charge is -2.34. The van der Waals surface area contributed by atoms with Crippen LogP contribution in [0.2, 0.25) is 0 Å². The normalized spacial score (nSPS) is 19.8. The first-order valence-corrected chi connectivity index (χ1v) is 7.57. The Labute approximate surface area is 123 Å². The summed E-state index contributed by atoms with van der Waals surface area (Å²) >= 11 is 1.39. The monoisotopic (exact) mass is 298 g/mol. The summed E-state index contributed by atoms with van der Waals surface area (Å²) in [7, 11) is 0. The minimum Gasteiger partial charge on any atom is -0.444 e. The molecule has 112 valence electrons. The summed E-state index contributed by atoms with van der Waals surface area (Å²) < 4.78 is 9.38. The maximum Gasteiger partial charge on any atom is 0.407 e. The average molecular weight is 298 g/mol. The third kappa shape index (κ3) is 4.00. The van der Waals surface area contributed by atoms with E-state index in [2.05, 4.69) is 14.6 Å². The third-order valence-corrected chi connectivity index (χ3v) is 3.89. The third-order valence-electron chi connectivity index (χ3n) is 3.01. The van der Waals surface area contributed by atoms with Gasteiger partial charge in [-0.1, -0.05) is 0 Å². The summed E-state index contributed by atoms with van der Waals surface area (Å²) in [5, 5.41) is 3.91. The lowest BCUT2D eigenvalue weighted by molar-refractivity contribution is 0.0500. The number of alkyl carbamates (subject to hydrolysis) is 1. The molecule has 1 amide bonds. The smallest absolute Gasteiger partial charge is 0.407 e. The van der Waals surface area contributed by atoms with Crippen LogP contribution in [0.15, 0.2) is 6.20 Å². The minimum absolute atomic E-state index is 0.0834. The van der Waals surface area contributed by atoms with E-state index < -0.39 is 5.60 Å². The van der Waals surface area contributed by atoms with Gasteiger partial charge >= 0.3 is 6.09 Å². The van der Waals surface area contributed by atoms with Crippen LogP contribution < -0.4 is 16.0 Å². The topological polar surface area (TPSA) is 80.5 Å². The summed E-state index contributed by atoms with van der Waals surface area (Å²) in [6.07, 6.45) is 3.28. The zero-order valence-corrected chi connectivity index (χ0v) is 13.0. The zero-order valence-electron chi connectivity index (χ0n) is 12.2. The second-order valence-electron chi connectivity index (χ2n) is 6.02. The maximum atomic E-state index is 11.8. The highest BCUT2D eigenvalue weighted by molar-refractivity contribution is 7.10. The van der Waals surface area contributed by atoms with Crippen LogP contribution in [0.25, 0.3) is 0 Å². The van der Waals surface area contributed by atoms with E-state index in [0.29, 0.717) is 5.69 Å². The van der Waals surface area contributed by atoms with E-state index in [1.165, 1.54) is 11.5 Å². The van der Waals surface area contributed by atoms with Gasteiger partial charge in [0.25, 0.3) is 0 Å². The Balaban J connectivity index is 1.91. The van der Waals surface area contributed by atoms with Crippen molar-refractivity contribution >= 4 is 28.3 Å². The SMILES string of the molecule is CC(C)(C)OC(=O)NC1CCCN(c2sncc2N)C1. The number of rotatable bonds is 2. The predicted molar refractivity (Wildman–Crippen MR) is 81.1 cm³/mol. The van der Waals surface area contributed by atoms with Gasteiger partial charge in [-0.3, -0.25) is 0 Å². The van der Waals surface area contributed by atoms with E-state index in [0.717, 1.165) is 30.9 Å². The zero-order chi connectivity index (χ0) is 14.8. The number of carbonyl (C=O) groups is 1. The van der Waals surface area contributed by atoms with E-state index in [1.54, 1.807) is 6.20 Å². The molecule has 0 radical (unpaired) electrons. The first-order valence-electron chi connectivity index (χ1n) is 6.80. The van der Waals surface area contributed by atoms with Gasteiger partial charge in [-0.25, -0.2) is 4.79 Å². The molecule has 0 spiro atoms. The number of carbonyl (C=O) groups excluding carboxylic acids is 1. The number of nitrogens with two attached hydrogens (primary N) is 1. The van der Waals surface area contributed by atoms with Crippen molar-refractivity contribution in [3.63, 3.8) is 0 Å². The number of hydrogen-bond acceptors (Lipinski definition) is 6. The molecular weight excluding hydrogens is 276 g/mol. The molecule has 0 saturated carbocycles. The number of piperidine rings is 1. The molecule has 1 aromatic rings. The average Bonchev–Trinajstić information content (AvgIpc) is 2.73. The Morgan fingerprint density at radius 1 is 1.60 bits per heavy atom. The minimum atomic E-state index is -0.472. The van der Waals surface area contributed by atoms with Gasteiger partial charge in [0.05, 0.1) is 11.9 Å². The van der Waals surface area contributed by atoms with E-state index in [-0.39, 0.29) is 12.1 Å². The molecule has 2 heterocycles. The first kappa shape index (κ1) is 14.9. The standard InChI is InChI=1S/C13H22N4O2S/c1-13(2,3)19-12(18)16-9-5-4-6-17(8-9)11-10(14)7-15-20-11/h7,9H,4-6,8,14H2,1-3H3,(H,16,18). The van der Waals surface area contributed by atoms with Gasteiger partial charge in [0.1, 0.15) is 10.6 Å². The van der Waals surface area contributed by atoms with Crippen molar-refractivity contribution in [2.24, 2.45) is 0 Å². The van der Waals surface area contributed by atoms with Gasteiger partial charge in [0.2, 0.25) is 0 Å². The molecular formula is C13H22N4O2S. The van der Waals surface area contributed by atoms with Crippen molar-refractivity contribution < 1.29 is 9.53 Å². The van der Waals surface area contributed by atoms with Gasteiger partial charge < -0.3 is 20.7 Å². The number of anilines is 2. The number of nitrogens with zero attached hydrogens (tertiary/aromatic N) is 2. The number of amides is 1. The summed E-state index contributed by atoms with van der Waals surface area (Å²) in [5.41, 5.74) is 6.13. The van der Waals surface area contributed by atoms with Crippen LogP contribution in [-0.2, 0) is 4.74 Å². The van der Waals surface area contributed by atoms with Gasteiger partial charge in [0, 0.05) is 19.1 Å². The van der Waals surface area contributed by atoms with E-state index in [1.807, 2.05) is 20.8 Å². The largest absolute Gasteiger partial charge is 0.444 e. The molecule has 1 aromatic heterocycles. The first-order chi connectivity index (χ1) is 9.35. The number of ether oxygens (including phenoxy) is 1. The van der Waals surface area contributed by atoms with Gasteiger partial charge in [-0.15, -0.1) is 0 Å². The fourth-order valence-corrected chi connectivity index (χ4v) is 2.94. The van der Waals surface area contributed by atoms with Crippen molar-refractivity contribution in [3.05, 3.63) is 6.20 Å². The fourth-order valence-electron chi connectivity index (χ4n) is 2.23. The van der Waals surface area contributed by atoms with Crippen LogP contribution >= 0.6 is 11.5 Å². The molecule has 1 unspecified atom stereocenters. The molecule has 1 fully saturated rings. The van der Waals surface area contributed by atoms with E-state index in [4.69, 9.17) is 10.5 Å².